The fraction of sp³-hybridized carbons (Fsp3) is 0.591. The van der Waals surface area contributed by atoms with Gasteiger partial charge in [0.05, 0.1) is 0 Å². The lowest BCUT2D eigenvalue weighted by atomic mass is 9.96. The molecule has 162 valence electrons. The molecule has 30 heavy (non-hydrogen) atoms. The maximum atomic E-state index is 12.5. The van der Waals surface area contributed by atoms with Crippen LogP contribution in [-0.2, 0) is 16.0 Å². The molecule has 2 heterocycles. The van der Waals surface area contributed by atoms with E-state index in [9.17, 15) is 14.4 Å². The summed E-state index contributed by atoms with van der Waals surface area (Å²) in [4.78, 5) is 40.0. The van der Waals surface area contributed by atoms with Crippen LogP contribution >= 0.6 is 0 Å². The van der Waals surface area contributed by atoms with Gasteiger partial charge in [0, 0.05) is 44.3 Å². The zero-order valence-corrected chi connectivity index (χ0v) is 17.3. The first-order chi connectivity index (χ1) is 14.6. The number of hydrogen-bond acceptors (Lipinski definition) is 4. The van der Waals surface area contributed by atoms with E-state index in [0.717, 1.165) is 24.1 Å². The average Bonchev–Trinajstić information content (AvgIpc) is 2.78. The largest absolute Gasteiger partial charge is 0.484 e. The minimum absolute atomic E-state index is 0.00796. The van der Waals surface area contributed by atoms with Gasteiger partial charge in [0.2, 0.25) is 5.91 Å². The summed E-state index contributed by atoms with van der Waals surface area (Å²) >= 11 is 0. The summed E-state index contributed by atoms with van der Waals surface area (Å²) in [5.74, 6) is 0.579. The molecule has 8 nitrogen and oxygen atoms in total. The lowest BCUT2D eigenvalue weighted by Crippen LogP contribution is -2.55. The number of rotatable bonds is 4. The summed E-state index contributed by atoms with van der Waals surface area (Å²) in [6, 6.07) is 5.76. The number of fused-ring (bicyclic) bond motifs is 1. The fourth-order valence-electron chi connectivity index (χ4n) is 4.36. The Morgan fingerprint density at radius 2 is 1.77 bits per heavy atom. The van der Waals surface area contributed by atoms with Crippen LogP contribution in [0.25, 0.3) is 0 Å². The molecule has 8 heteroatoms. The van der Waals surface area contributed by atoms with Gasteiger partial charge in [-0.05, 0) is 43.0 Å². The molecule has 1 aromatic carbocycles. The van der Waals surface area contributed by atoms with Crippen molar-refractivity contribution >= 4 is 23.5 Å². The van der Waals surface area contributed by atoms with E-state index in [1.54, 1.807) is 15.9 Å². The van der Waals surface area contributed by atoms with Crippen LogP contribution in [-0.4, -0.2) is 66.5 Å². The highest BCUT2D eigenvalue weighted by molar-refractivity contribution is 5.94. The van der Waals surface area contributed by atoms with Crippen molar-refractivity contribution in [3.05, 3.63) is 23.8 Å². The normalized spacial score (nSPS) is 19.7. The number of anilines is 1. The zero-order valence-electron chi connectivity index (χ0n) is 17.3. The molecule has 2 aliphatic heterocycles. The molecular weight excluding hydrogens is 384 g/mol. The van der Waals surface area contributed by atoms with Gasteiger partial charge in [0.1, 0.15) is 5.75 Å². The third-order valence-corrected chi connectivity index (χ3v) is 6.19. The van der Waals surface area contributed by atoms with Crippen LogP contribution in [0.3, 0.4) is 0 Å². The molecule has 0 spiro atoms. The standard InChI is InChI=1S/C22H30N4O4/c27-20-9-6-16-14-18(7-8-19(16)24-20)30-15-21(28)25-10-12-26(13-11-25)22(29)23-17-4-2-1-3-5-17/h7-8,14,17H,1-6,9-13,15H2,(H,23,29)(H,24,27). The monoisotopic (exact) mass is 414 g/mol. The Morgan fingerprint density at radius 3 is 2.53 bits per heavy atom. The van der Waals surface area contributed by atoms with Crippen LogP contribution < -0.4 is 15.4 Å². The van der Waals surface area contributed by atoms with Crippen LogP contribution in [0.5, 0.6) is 5.75 Å². The SMILES string of the molecule is O=C1CCc2cc(OCC(=O)N3CCN(C(=O)NC4CCCCC4)CC3)ccc2N1. The molecule has 1 saturated carbocycles. The summed E-state index contributed by atoms with van der Waals surface area (Å²) in [6.45, 7) is 2.11. The second-order valence-corrected chi connectivity index (χ2v) is 8.31. The van der Waals surface area contributed by atoms with Gasteiger partial charge in [-0.2, -0.15) is 0 Å². The van der Waals surface area contributed by atoms with Gasteiger partial charge < -0.3 is 25.2 Å². The second-order valence-electron chi connectivity index (χ2n) is 8.31. The molecule has 4 amide bonds. The maximum Gasteiger partial charge on any atom is 0.317 e. The lowest BCUT2D eigenvalue weighted by Gasteiger charge is -2.36. The minimum atomic E-state index is -0.0756. The van der Waals surface area contributed by atoms with E-state index in [0.29, 0.717) is 50.8 Å². The van der Waals surface area contributed by atoms with E-state index >= 15 is 0 Å². The van der Waals surface area contributed by atoms with Crippen molar-refractivity contribution in [2.45, 2.75) is 51.0 Å². The smallest absolute Gasteiger partial charge is 0.317 e. The molecule has 2 N–H and O–H groups in total. The van der Waals surface area contributed by atoms with Crippen molar-refractivity contribution in [1.29, 1.82) is 0 Å². The van der Waals surface area contributed by atoms with E-state index in [1.807, 2.05) is 12.1 Å². The van der Waals surface area contributed by atoms with E-state index in [-0.39, 0.29) is 24.5 Å². The number of piperazine rings is 1. The van der Waals surface area contributed by atoms with E-state index in [2.05, 4.69) is 10.6 Å². The van der Waals surface area contributed by atoms with Crippen LogP contribution in [0.1, 0.15) is 44.1 Å². The van der Waals surface area contributed by atoms with Gasteiger partial charge in [-0.15, -0.1) is 0 Å². The van der Waals surface area contributed by atoms with E-state index in [1.165, 1.54) is 19.3 Å². The number of urea groups is 1. The predicted molar refractivity (Wildman–Crippen MR) is 112 cm³/mol. The van der Waals surface area contributed by atoms with Crippen LogP contribution in [0.2, 0.25) is 0 Å². The van der Waals surface area contributed by atoms with Crippen LogP contribution in [0.15, 0.2) is 18.2 Å². The van der Waals surface area contributed by atoms with Gasteiger partial charge >= 0.3 is 6.03 Å². The summed E-state index contributed by atoms with van der Waals surface area (Å²) in [5.41, 5.74) is 1.84. The molecule has 1 aliphatic carbocycles. The predicted octanol–water partition coefficient (Wildman–Crippen LogP) is 2.14. The third-order valence-electron chi connectivity index (χ3n) is 6.19. The Hall–Kier alpha value is -2.77. The van der Waals surface area contributed by atoms with Crippen molar-refractivity contribution in [3.63, 3.8) is 0 Å². The Morgan fingerprint density at radius 1 is 1.03 bits per heavy atom. The summed E-state index contributed by atoms with van der Waals surface area (Å²) < 4.78 is 5.69. The number of carbonyl (C=O) groups is 3. The molecule has 0 atom stereocenters. The molecule has 1 saturated heterocycles. The summed E-state index contributed by atoms with van der Waals surface area (Å²) in [5, 5.41) is 5.98. The molecule has 0 bridgehead atoms. The molecular formula is C22H30N4O4. The van der Waals surface area contributed by atoms with Crippen LogP contribution in [0.4, 0.5) is 10.5 Å². The summed E-state index contributed by atoms with van der Waals surface area (Å²) in [7, 11) is 0. The fourth-order valence-corrected chi connectivity index (χ4v) is 4.36. The Kier molecular flexibility index (Phi) is 6.40. The third kappa shape index (κ3) is 5.04. The summed E-state index contributed by atoms with van der Waals surface area (Å²) in [6.07, 6.45) is 6.91. The highest BCUT2D eigenvalue weighted by atomic mass is 16.5. The number of carbonyl (C=O) groups excluding carboxylic acids is 3. The van der Waals surface area contributed by atoms with Gasteiger partial charge in [-0.3, -0.25) is 9.59 Å². The highest BCUT2D eigenvalue weighted by Gasteiger charge is 2.26. The molecule has 0 aromatic heterocycles. The molecule has 4 rings (SSSR count). The Bertz CT molecular complexity index is 798. The topological polar surface area (TPSA) is 91.0 Å². The number of hydrogen-bond donors (Lipinski definition) is 2. The Labute approximate surface area is 176 Å². The number of nitrogens with one attached hydrogen (secondary N) is 2. The van der Waals surface area contributed by atoms with Crippen molar-refractivity contribution < 1.29 is 19.1 Å². The molecule has 2 fully saturated rings. The Balaban J connectivity index is 1.21. The zero-order chi connectivity index (χ0) is 20.9. The van der Waals surface area contributed by atoms with Gasteiger partial charge in [0.25, 0.3) is 5.91 Å². The van der Waals surface area contributed by atoms with Crippen molar-refractivity contribution in [3.8, 4) is 5.75 Å². The lowest BCUT2D eigenvalue weighted by molar-refractivity contribution is -0.134. The number of aryl methyl sites for hydroxylation is 1. The van der Waals surface area contributed by atoms with E-state index < -0.39 is 0 Å². The van der Waals surface area contributed by atoms with Gasteiger partial charge in [-0.1, -0.05) is 19.3 Å². The number of amides is 4. The van der Waals surface area contributed by atoms with Gasteiger partial charge in [0.15, 0.2) is 6.61 Å². The van der Waals surface area contributed by atoms with Gasteiger partial charge in [-0.25, -0.2) is 4.79 Å². The molecule has 0 unspecified atom stereocenters. The molecule has 1 aromatic rings. The van der Waals surface area contributed by atoms with E-state index in [4.69, 9.17) is 4.74 Å². The average molecular weight is 415 g/mol. The maximum absolute atomic E-state index is 12.5. The first kappa shape index (κ1) is 20.5. The van der Waals surface area contributed by atoms with Crippen molar-refractivity contribution in [2.75, 3.05) is 38.1 Å². The second kappa shape index (κ2) is 9.36. The highest BCUT2D eigenvalue weighted by Crippen LogP contribution is 2.26. The first-order valence-electron chi connectivity index (χ1n) is 11.0. The first-order valence-corrected chi connectivity index (χ1v) is 11.0. The quantitative estimate of drug-likeness (QED) is 0.790. The number of ether oxygens (including phenoxy) is 1. The van der Waals surface area contributed by atoms with Crippen molar-refractivity contribution in [1.82, 2.24) is 15.1 Å². The number of benzene rings is 1. The molecule has 0 radical (unpaired) electrons. The van der Waals surface area contributed by atoms with Crippen molar-refractivity contribution in [2.24, 2.45) is 0 Å². The van der Waals surface area contributed by atoms with Crippen LogP contribution in [0, 0.1) is 0 Å². The molecule has 3 aliphatic rings. The minimum Gasteiger partial charge on any atom is -0.484 e. The number of nitrogens with zero attached hydrogens (tertiary/aromatic N) is 2.